The molecular formula is C36H46ClN2O6S2+. The fourth-order valence-corrected chi connectivity index (χ4v) is 8.88. The molecule has 3 aliphatic rings. The number of nitrogens with zero attached hydrogens (tertiary/aromatic N) is 2. The van der Waals surface area contributed by atoms with Crippen molar-refractivity contribution in [2.45, 2.75) is 83.5 Å². The van der Waals surface area contributed by atoms with Gasteiger partial charge in [0.15, 0.2) is 5.71 Å². The highest BCUT2D eigenvalue weighted by Crippen LogP contribution is 2.48. The van der Waals surface area contributed by atoms with Gasteiger partial charge in [-0.2, -0.15) is 21.4 Å². The van der Waals surface area contributed by atoms with Crippen LogP contribution in [0.1, 0.15) is 83.8 Å². The van der Waals surface area contributed by atoms with Gasteiger partial charge in [0.2, 0.25) is 5.69 Å². The largest absolute Gasteiger partial charge is 0.344 e. The summed E-state index contributed by atoms with van der Waals surface area (Å²) in [6.45, 7) is 9.72. The number of benzene rings is 2. The fourth-order valence-electron chi connectivity index (χ4n) is 7.55. The third kappa shape index (κ3) is 7.78. The van der Waals surface area contributed by atoms with E-state index in [0.717, 1.165) is 59.8 Å². The summed E-state index contributed by atoms with van der Waals surface area (Å²) in [6.07, 6.45) is 9.18. The van der Waals surface area contributed by atoms with Crippen molar-refractivity contribution >= 4 is 48.9 Å². The van der Waals surface area contributed by atoms with Crippen molar-refractivity contribution in [3.05, 3.63) is 93.7 Å². The molecule has 2 aromatic rings. The number of anilines is 1. The van der Waals surface area contributed by atoms with Gasteiger partial charge >= 0.3 is 0 Å². The summed E-state index contributed by atoms with van der Waals surface area (Å²) in [7, 11) is -8.09. The molecule has 11 heteroatoms. The number of fused-ring (bicyclic) bond motifs is 2. The first-order chi connectivity index (χ1) is 22.0. The number of allylic oxidation sites excluding steroid dienone is 6. The van der Waals surface area contributed by atoms with Crippen LogP contribution in [0.4, 0.5) is 11.4 Å². The third-order valence-corrected chi connectivity index (χ3v) is 12.0. The second-order valence-electron chi connectivity index (χ2n) is 13.8. The average molecular weight is 702 g/mol. The van der Waals surface area contributed by atoms with Crippen LogP contribution in [-0.4, -0.2) is 60.8 Å². The lowest BCUT2D eigenvalue weighted by Crippen LogP contribution is -2.30. The van der Waals surface area contributed by atoms with Gasteiger partial charge in [0.05, 0.1) is 16.9 Å². The average Bonchev–Trinajstić information content (AvgIpc) is 3.33. The topological polar surface area (TPSA) is 115 Å². The van der Waals surface area contributed by atoms with Gasteiger partial charge in [-0.05, 0) is 69.2 Å². The predicted molar refractivity (Wildman–Crippen MR) is 190 cm³/mol. The zero-order chi connectivity index (χ0) is 34.2. The Morgan fingerprint density at radius 3 is 2.17 bits per heavy atom. The molecule has 0 amide bonds. The number of hydrogen-bond acceptors (Lipinski definition) is 5. The molecule has 5 rings (SSSR count). The Labute approximate surface area is 285 Å². The highest BCUT2D eigenvalue weighted by atomic mass is 35.5. The van der Waals surface area contributed by atoms with E-state index in [-0.39, 0.29) is 22.3 Å². The Kier molecular flexibility index (Phi) is 10.3. The smallest absolute Gasteiger partial charge is 0.265 e. The molecule has 2 aromatic carbocycles. The summed E-state index contributed by atoms with van der Waals surface area (Å²) >= 11 is 7.14. The summed E-state index contributed by atoms with van der Waals surface area (Å²) in [5, 5.41) is 0.797. The molecule has 0 aromatic heterocycles. The van der Waals surface area contributed by atoms with Gasteiger partial charge in [-0.3, -0.25) is 9.11 Å². The van der Waals surface area contributed by atoms with Gasteiger partial charge in [-0.15, -0.1) is 0 Å². The molecule has 0 spiro atoms. The van der Waals surface area contributed by atoms with Crippen LogP contribution in [-0.2, 0) is 31.1 Å². The first kappa shape index (κ1) is 35.5. The molecule has 47 heavy (non-hydrogen) atoms. The van der Waals surface area contributed by atoms with E-state index in [2.05, 4.69) is 73.6 Å². The zero-order valence-electron chi connectivity index (χ0n) is 27.7. The van der Waals surface area contributed by atoms with Gasteiger partial charge in [0.1, 0.15) is 6.54 Å². The molecule has 0 fully saturated rings. The molecule has 1 aliphatic carbocycles. The third-order valence-electron chi connectivity index (χ3n) is 9.91. The van der Waals surface area contributed by atoms with Crippen molar-refractivity contribution in [2.75, 3.05) is 29.5 Å². The maximum Gasteiger partial charge on any atom is 0.265 e. The Morgan fingerprint density at radius 2 is 1.47 bits per heavy atom. The summed E-state index contributed by atoms with van der Waals surface area (Å²) < 4.78 is 66.7. The van der Waals surface area contributed by atoms with Crippen LogP contribution in [0.5, 0.6) is 0 Å². The second-order valence-corrected chi connectivity index (χ2v) is 17.4. The van der Waals surface area contributed by atoms with Gasteiger partial charge in [-0.25, -0.2) is 0 Å². The maximum absolute atomic E-state index is 11.5. The fraction of sp³-hybridized carbons (Fsp3) is 0.472. The lowest BCUT2D eigenvalue weighted by Gasteiger charge is -2.27. The number of halogens is 1. The Morgan fingerprint density at radius 1 is 0.830 bits per heavy atom. The van der Waals surface area contributed by atoms with Crippen LogP contribution < -0.4 is 4.90 Å². The van der Waals surface area contributed by atoms with E-state index >= 15 is 0 Å². The van der Waals surface area contributed by atoms with E-state index in [0.29, 0.717) is 25.9 Å². The van der Waals surface area contributed by atoms with Crippen molar-refractivity contribution in [3.63, 3.8) is 0 Å². The minimum Gasteiger partial charge on any atom is -0.344 e. The minimum absolute atomic E-state index is 0.235. The molecule has 254 valence electrons. The van der Waals surface area contributed by atoms with Crippen LogP contribution in [0.3, 0.4) is 0 Å². The maximum atomic E-state index is 11.5. The lowest BCUT2D eigenvalue weighted by molar-refractivity contribution is -0.439. The summed E-state index contributed by atoms with van der Waals surface area (Å²) in [5.41, 5.74) is 8.52. The Bertz CT molecular complexity index is 1890. The van der Waals surface area contributed by atoms with Crippen molar-refractivity contribution in [2.24, 2.45) is 0 Å². The summed E-state index contributed by atoms with van der Waals surface area (Å²) in [5.74, 6) is -0.572. The van der Waals surface area contributed by atoms with Crippen LogP contribution in [0.2, 0.25) is 0 Å². The van der Waals surface area contributed by atoms with Gasteiger partial charge in [-0.1, -0.05) is 73.5 Å². The Balaban J connectivity index is 1.42. The molecule has 0 saturated carbocycles. The second kappa shape index (κ2) is 13.6. The SMILES string of the molecule is CC1(C)C(CCC2=C(Cl)/C(=C/C=C3/N(CCCS(=O)(=O)O)c4ccccc4C3(C)C)CCC2)=[N+](CCCS(=O)(=O)O)c2ccccc21. The van der Waals surface area contributed by atoms with Crippen LogP contribution in [0, 0.1) is 0 Å². The van der Waals surface area contributed by atoms with Crippen molar-refractivity contribution in [1.29, 1.82) is 0 Å². The molecule has 0 unspecified atom stereocenters. The van der Waals surface area contributed by atoms with Crippen LogP contribution in [0.25, 0.3) is 0 Å². The Hall–Kier alpha value is -2.76. The molecular weight excluding hydrogens is 656 g/mol. The van der Waals surface area contributed by atoms with E-state index < -0.39 is 20.2 Å². The number of hydrogen-bond donors (Lipinski definition) is 2. The first-order valence-corrected chi connectivity index (χ1v) is 19.9. The van der Waals surface area contributed by atoms with E-state index in [9.17, 15) is 25.9 Å². The van der Waals surface area contributed by atoms with E-state index in [4.69, 9.17) is 11.6 Å². The summed E-state index contributed by atoms with van der Waals surface area (Å²) in [4.78, 5) is 2.16. The van der Waals surface area contributed by atoms with E-state index in [1.165, 1.54) is 22.4 Å². The molecule has 0 bridgehead atoms. The zero-order valence-corrected chi connectivity index (χ0v) is 30.1. The van der Waals surface area contributed by atoms with Crippen molar-refractivity contribution in [3.8, 4) is 0 Å². The van der Waals surface area contributed by atoms with E-state index in [1.54, 1.807) is 0 Å². The number of rotatable bonds is 12. The van der Waals surface area contributed by atoms with Gasteiger partial charge in [0.25, 0.3) is 20.2 Å². The molecule has 0 saturated heterocycles. The van der Waals surface area contributed by atoms with Gasteiger partial charge in [0, 0.05) is 52.8 Å². The molecule has 2 aliphatic heterocycles. The van der Waals surface area contributed by atoms with Gasteiger partial charge < -0.3 is 4.90 Å². The van der Waals surface area contributed by atoms with Crippen molar-refractivity contribution in [1.82, 2.24) is 0 Å². The van der Waals surface area contributed by atoms with Crippen LogP contribution in [0.15, 0.2) is 82.6 Å². The molecule has 8 nitrogen and oxygen atoms in total. The lowest BCUT2D eigenvalue weighted by atomic mass is 9.79. The van der Waals surface area contributed by atoms with E-state index in [1.807, 2.05) is 24.3 Å². The normalized spacial score (nSPS) is 20.8. The first-order valence-electron chi connectivity index (χ1n) is 16.3. The molecule has 2 heterocycles. The molecule has 2 N–H and O–H groups in total. The predicted octanol–water partition coefficient (Wildman–Crippen LogP) is 7.68. The standard InChI is InChI=1S/C36H45ClN2O6S2/c1-35(2)28-14-5-7-16-30(28)38(22-10-24-46(40,41)42)32(35)20-18-26-12-9-13-27(34(26)37)19-21-33-36(3,4)29-15-6-8-17-31(29)39(33)23-11-25-47(43,44)45/h5-8,14-18,20H,9-13,19,21-25H2,1-4H3,(H-,40,41,42,43,44,45)/p+1/b26-18+,32-20+. The molecule has 0 radical (unpaired) electrons. The quantitative estimate of drug-likeness (QED) is 0.172. The van der Waals surface area contributed by atoms with Crippen molar-refractivity contribution < 1.29 is 30.5 Å². The van der Waals surface area contributed by atoms with Crippen LogP contribution >= 0.6 is 11.6 Å². The summed E-state index contributed by atoms with van der Waals surface area (Å²) in [6, 6.07) is 16.4. The monoisotopic (exact) mass is 701 g/mol. The highest BCUT2D eigenvalue weighted by molar-refractivity contribution is 7.86. The minimum atomic E-state index is -4.05. The number of para-hydroxylation sites is 2. The highest BCUT2D eigenvalue weighted by Gasteiger charge is 2.45. The molecule has 0 atom stereocenters.